The van der Waals surface area contributed by atoms with Gasteiger partial charge in [-0.3, -0.25) is 4.99 Å². The maximum atomic E-state index is 11.6. The highest BCUT2D eigenvalue weighted by Gasteiger charge is 2.15. The summed E-state index contributed by atoms with van der Waals surface area (Å²) >= 11 is 0. The molecule has 0 aliphatic rings. The molecule has 3 N–H and O–H groups in total. The number of hydrogen-bond donors (Lipinski definition) is 3. The number of guanidine groups is 1. The third kappa shape index (κ3) is 9.82. The first-order valence-corrected chi connectivity index (χ1v) is 9.79. The minimum atomic E-state index is -0.481. The van der Waals surface area contributed by atoms with Gasteiger partial charge in [0.1, 0.15) is 11.2 Å². The van der Waals surface area contributed by atoms with E-state index in [9.17, 15) is 4.79 Å². The number of pyridine rings is 1. The molecule has 8 nitrogen and oxygen atoms in total. The fraction of sp³-hybridized carbons (Fsp3) is 0.550. The number of halogens is 1. The molecule has 0 aliphatic carbocycles. The minimum absolute atomic E-state index is 0. The Bertz CT molecular complexity index is 752. The molecule has 0 aliphatic heterocycles. The molecule has 0 radical (unpaired) electrons. The molecule has 1 amide bonds. The predicted molar refractivity (Wildman–Crippen MR) is 127 cm³/mol. The van der Waals surface area contributed by atoms with Crippen molar-refractivity contribution >= 4 is 41.7 Å². The number of nitrogens with zero attached hydrogens (tertiary/aromatic N) is 3. The number of aliphatic imine (C=N–C) groups is 1. The van der Waals surface area contributed by atoms with Crippen molar-refractivity contribution in [3.63, 3.8) is 0 Å². The lowest BCUT2D eigenvalue weighted by Gasteiger charge is -2.19. The summed E-state index contributed by atoms with van der Waals surface area (Å²) in [5, 5.41) is 9.29. The lowest BCUT2D eigenvalue weighted by atomic mass is 10.2. The lowest BCUT2D eigenvalue weighted by Crippen LogP contribution is -2.38. The smallest absolute Gasteiger partial charge is 0.407 e. The van der Waals surface area contributed by atoms with Crippen LogP contribution in [-0.4, -0.2) is 53.2 Å². The van der Waals surface area contributed by atoms with Crippen molar-refractivity contribution in [2.45, 2.75) is 46.1 Å². The van der Waals surface area contributed by atoms with Crippen molar-refractivity contribution in [2.24, 2.45) is 4.99 Å². The third-order valence-electron chi connectivity index (χ3n) is 3.70. The van der Waals surface area contributed by atoms with Crippen molar-refractivity contribution in [3.8, 4) is 0 Å². The van der Waals surface area contributed by atoms with Crippen LogP contribution in [0.15, 0.2) is 35.6 Å². The van der Waals surface area contributed by atoms with Gasteiger partial charge in [-0.05, 0) is 46.2 Å². The van der Waals surface area contributed by atoms with Crippen LogP contribution >= 0.6 is 24.0 Å². The number of rotatable bonds is 8. The fourth-order valence-corrected chi connectivity index (χ4v) is 2.53. The van der Waals surface area contributed by atoms with Gasteiger partial charge in [0, 0.05) is 45.0 Å². The number of fused-ring (bicyclic) bond motifs is 1. The Labute approximate surface area is 189 Å². The van der Waals surface area contributed by atoms with Gasteiger partial charge < -0.3 is 25.1 Å². The third-order valence-corrected chi connectivity index (χ3v) is 3.70. The van der Waals surface area contributed by atoms with E-state index >= 15 is 0 Å². The number of carbonyl (C=O) groups excluding carboxylic acids is 1. The number of amides is 1. The highest BCUT2D eigenvalue weighted by Crippen LogP contribution is 2.06. The number of alkyl carbamates (subject to hydrolysis) is 1. The van der Waals surface area contributed by atoms with Crippen LogP contribution in [0.4, 0.5) is 4.79 Å². The molecule has 0 spiro atoms. The zero-order chi connectivity index (χ0) is 20.4. The summed E-state index contributed by atoms with van der Waals surface area (Å²) in [5.74, 6) is 0.767. The molecular weight excluding hydrogens is 483 g/mol. The Morgan fingerprint density at radius 3 is 2.69 bits per heavy atom. The summed E-state index contributed by atoms with van der Waals surface area (Å²) in [7, 11) is 0. The Balaban J connectivity index is 0.00000420. The van der Waals surface area contributed by atoms with Crippen molar-refractivity contribution in [2.75, 3.05) is 26.2 Å². The zero-order valence-electron chi connectivity index (χ0n) is 17.7. The molecule has 0 bridgehead atoms. The maximum Gasteiger partial charge on any atom is 0.407 e. The van der Waals surface area contributed by atoms with E-state index in [2.05, 4.69) is 25.9 Å². The molecule has 2 rings (SSSR count). The van der Waals surface area contributed by atoms with E-state index in [4.69, 9.17) is 4.74 Å². The fourth-order valence-electron chi connectivity index (χ4n) is 2.53. The van der Waals surface area contributed by atoms with Crippen LogP contribution in [0.1, 0.15) is 39.8 Å². The first kappa shape index (κ1) is 25.0. The van der Waals surface area contributed by atoms with E-state index in [1.165, 1.54) is 0 Å². The van der Waals surface area contributed by atoms with Gasteiger partial charge in [-0.25, -0.2) is 9.78 Å². The highest BCUT2D eigenvalue weighted by molar-refractivity contribution is 14.0. The number of ether oxygens (including phenoxy) is 1. The van der Waals surface area contributed by atoms with E-state index in [0.717, 1.165) is 43.2 Å². The molecule has 0 fully saturated rings. The standard InChI is InChI=1S/C20H32N6O2.HI/c1-5-21-18(22-11-8-12-24-19(27)28-20(2,3)4)23-13-10-16-15-26-14-7-6-9-17(26)25-16;/h6-7,9,14-15H,5,8,10-13H2,1-4H3,(H,24,27)(H2,21,22,23);1H. The second kappa shape index (κ2) is 12.5. The van der Waals surface area contributed by atoms with E-state index in [0.29, 0.717) is 13.1 Å². The molecular formula is C20H33IN6O2. The molecule has 2 heterocycles. The van der Waals surface area contributed by atoms with E-state index < -0.39 is 11.7 Å². The first-order chi connectivity index (χ1) is 13.4. The predicted octanol–water partition coefficient (Wildman–Crippen LogP) is 2.96. The molecule has 29 heavy (non-hydrogen) atoms. The van der Waals surface area contributed by atoms with Crippen LogP contribution in [0.3, 0.4) is 0 Å². The number of aromatic nitrogens is 2. The number of hydrogen-bond acceptors (Lipinski definition) is 4. The maximum absolute atomic E-state index is 11.6. The van der Waals surface area contributed by atoms with Crippen LogP contribution in [-0.2, 0) is 11.2 Å². The van der Waals surface area contributed by atoms with Gasteiger partial charge >= 0.3 is 6.09 Å². The minimum Gasteiger partial charge on any atom is -0.444 e. The quantitative estimate of drug-likeness (QED) is 0.217. The molecule has 0 unspecified atom stereocenters. The van der Waals surface area contributed by atoms with E-state index in [1.807, 2.05) is 62.7 Å². The van der Waals surface area contributed by atoms with Gasteiger partial charge in [0.05, 0.1) is 5.69 Å². The molecule has 0 saturated heterocycles. The largest absolute Gasteiger partial charge is 0.444 e. The van der Waals surface area contributed by atoms with Crippen molar-refractivity contribution in [3.05, 3.63) is 36.3 Å². The second-order valence-corrected chi connectivity index (χ2v) is 7.42. The number of carbonyl (C=O) groups is 1. The molecule has 0 saturated carbocycles. The zero-order valence-corrected chi connectivity index (χ0v) is 20.0. The summed E-state index contributed by atoms with van der Waals surface area (Å²) in [4.78, 5) is 20.7. The molecule has 162 valence electrons. The SMILES string of the molecule is CCNC(=NCCCNC(=O)OC(C)(C)C)NCCc1cn2ccccc2n1.I. The molecule has 9 heteroatoms. The topological polar surface area (TPSA) is 92.0 Å². The summed E-state index contributed by atoms with van der Waals surface area (Å²) in [6.07, 6.45) is 5.20. The average molecular weight is 516 g/mol. The van der Waals surface area contributed by atoms with Crippen LogP contribution < -0.4 is 16.0 Å². The average Bonchev–Trinajstić information content (AvgIpc) is 3.02. The molecule has 0 aromatic carbocycles. The molecule has 2 aromatic heterocycles. The van der Waals surface area contributed by atoms with Gasteiger partial charge in [-0.15, -0.1) is 24.0 Å². The van der Waals surface area contributed by atoms with Crippen LogP contribution in [0.25, 0.3) is 5.65 Å². The Morgan fingerprint density at radius 2 is 2.00 bits per heavy atom. The van der Waals surface area contributed by atoms with E-state index in [1.54, 1.807) is 0 Å². The second-order valence-electron chi connectivity index (χ2n) is 7.42. The Morgan fingerprint density at radius 1 is 1.21 bits per heavy atom. The van der Waals surface area contributed by atoms with Gasteiger partial charge in [0.25, 0.3) is 0 Å². The summed E-state index contributed by atoms with van der Waals surface area (Å²) in [5.41, 5.74) is 1.51. The van der Waals surface area contributed by atoms with E-state index in [-0.39, 0.29) is 24.0 Å². The van der Waals surface area contributed by atoms with Gasteiger partial charge in [-0.1, -0.05) is 6.07 Å². The highest BCUT2D eigenvalue weighted by atomic mass is 127. The number of nitrogens with one attached hydrogen (secondary N) is 3. The Kier molecular flexibility index (Phi) is 10.8. The van der Waals surface area contributed by atoms with Gasteiger partial charge in [0.2, 0.25) is 0 Å². The Hall–Kier alpha value is -2.04. The first-order valence-electron chi connectivity index (χ1n) is 9.79. The molecule has 0 atom stereocenters. The van der Waals surface area contributed by atoms with Crippen LogP contribution in [0.2, 0.25) is 0 Å². The van der Waals surface area contributed by atoms with Crippen LogP contribution in [0.5, 0.6) is 0 Å². The van der Waals surface area contributed by atoms with Crippen molar-refractivity contribution in [1.82, 2.24) is 25.3 Å². The summed E-state index contributed by atoms with van der Waals surface area (Å²) in [6, 6.07) is 5.97. The normalized spacial score (nSPS) is 11.7. The van der Waals surface area contributed by atoms with Crippen molar-refractivity contribution in [1.29, 1.82) is 0 Å². The van der Waals surface area contributed by atoms with Crippen molar-refractivity contribution < 1.29 is 9.53 Å². The monoisotopic (exact) mass is 516 g/mol. The number of imidazole rings is 1. The van der Waals surface area contributed by atoms with Gasteiger partial charge in [-0.2, -0.15) is 0 Å². The lowest BCUT2D eigenvalue weighted by molar-refractivity contribution is 0.0527. The van der Waals surface area contributed by atoms with Gasteiger partial charge in [0.15, 0.2) is 5.96 Å². The van der Waals surface area contributed by atoms with Crippen LogP contribution in [0, 0.1) is 0 Å². The molecule has 2 aromatic rings. The summed E-state index contributed by atoms with van der Waals surface area (Å²) in [6.45, 7) is 10.2. The summed E-state index contributed by atoms with van der Waals surface area (Å²) < 4.78 is 7.22.